The van der Waals surface area contributed by atoms with E-state index in [0.29, 0.717) is 6.54 Å². The van der Waals surface area contributed by atoms with Gasteiger partial charge in [-0.05, 0) is 17.4 Å². The Hall–Kier alpha value is -2.04. The molecule has 0 spiro atoms. The first kappa shape index (κ1) is 16.3. The second-order valence-electron chi connectivity index (χ2n) is 4.66. The Kier molecular flexibility index (Phi) is 6.74. The van der Waals surface area contributed by atoms with Crippen LogP contribution >= 0.6 is 11.8 Å². The van der Waals surface area contributed by atoms with Crippen molar-refractivity contribution < 1.29 is 0 Å². The average molecular weight is 311 g/mol. The highest BCUT2D eigenvalue weighted by atomic mass is 32.2. The maximum atomic E-state index is 4.41. The molecule has 22 heavy (non-hydrogen) atoms. The van der Waals surface area contributed by atoms with Gasteiger partial charge in [-0.3, -0.25) is 10.4 Å². The number of rotatable bonds is 6. The summed E-state index contributed by atoms with van der Waals surface area (Å²) in [6, 6.07) is 20.8. The highest BCUT2D eigenvalue weighted by molar-refractivity contribution is 8.13. The van der Waals surface area contributed by atoms with Gasteiger partial charge < -0.3 is 0 Å². The second kappa shape index (κ2) is 9.07. The average Bonchev–Trinajstić information content (AvgIpc) is 2.59. The number of hydrogen-bond acceptors (Lipinski definition) is 3. The molecule has 2 N–H and O–H groups in total. The van der Waals surface area contributed by atoms with Crippen LogP contribution in [0.25, 0.3) is 0 Å². The highest BCUT2D eigenvalue weighted by Gasteiger charge is 2.13. The number of amidine groups is 1. The van der Waals surface area contributed by atoms with Crippen molar-refractivity contribution in [1.29, 1.82) is 0 Å². The van der Waals surface area contributed by atoms with E-state index in [0.717, 1.165) is 5.17 Å². The van der Waals surface area contributed by atoms with E-state index in [1.807, 2.05) is 42.7 Å². The lowest BCUT2D eigenvalue weighted by Crippen LogP contribution is -2.39. The van der Waals surface area contributed by atoms with E-state index in [2.05, 4.69) is 46.7 Å². The predicted octanol–water partition coefficient (Wildman–Crippen LogP) is 3.78. The molecule has 0 amide bonds. The number of benzene rings is 2. The quantitative estimate of drug-likeness (QED) is 0.369. The lowest BCUT2D eigenvalue weighted by Gasteiger charge is -2.21. The third-order valence-corrected chi connectivity index (χ3v) is 3.76. The Morgan fingerprint density at radius 3 is 2.09 bits per heavy atom. The fourth-order valence-electron chi connectivity index (χ4n) is 2.09. The standard InChI is InChI=1S/C18H21N3S/c1-3-14-19-18(22-2)21-20-17(15-10-6-4-7-11-15)16-12-8-5-9-13-16/h3-13,17,20H,1,14H2,2H3,(H,19,21). The SMILES string of the molecule is C=CCN=C(NNC(c1ccccc1)c1ccccc1)SC. The molecule has 0 fully saturated rings. The summed E-state index contributed by atoms with van der Waals surface area (Å²) in [6.07, 6.45) is 3.78. The van der Waals surface area contributed by atoms with Gasteiger partial charge in [0.25, 0.3) is 0 Å². The number of hydrogen-bond donors (Lipinski definition) is 2. The van der Waals surface area contributed by atoms with E-state index in [1.165, 1.54) is 11.1 Å². The Labute approximate surface area is 136 Å². The molecule has 3 nitrogen and oxygen atoms in total. The maximum absolute atomic E-state index is 4.41. The summed E-state index contributed by atoms with van der Waals surface area (Å²) in [7, 11) is 0. The Morgan fingerprint density at radius 1 is 1.09 bits per heavy atom. The van der Waals surface area contributed by atoms with Gasteiger partial charge in [-0.2, -0.15) is 0 Å². The number of nitrogens with one attached hydrogen (secondary N) is 2. The summed E-state index contributed by atoms with van der Waals surface area (Å²) in [6.45, 7) is 4.30. The Balaban J connectivity index is 2.17. The molecule has 0 bridgehead atoms. The van der Waals surface area contributed by atoms with Crippen molar-refractivity contribution in [2.45, 2.75) is 6.04 Å². The summed E-state index contributed by atoms with van der Waals surface area (Å²) < 4.78 is 0. The van der Waals surface area contributed by atoms with Crippen molar-refractivity contribution in [3.8, 4) is 0 Å². The van der Waals surface area contributed by atoms with Gasteiger partial charge in [-0.15, -0.1) is 6.58 Å². The molecule has 0 aliphatic heterocycles. The molecule has 2 aromatic carbocycles. The highest BCUT2D eigenvalue weighted by Crippen LogP contribution is 2.21. The van der Waals surface area contributed by atoms with E-state index < -0.39 is 0 Å². The number of hydrazine groups is 1. The van der Waals surface area contributed by atoms with Crippen molar-refractivity contribution in [2.24, 2.45) is 4.99 Å². The molecular weight excluding hydrogens is 290 g/mol. The zero-order valence-electron chi connectivity index (χ0n) is 12.7. The summed E-state index contributed by atoms with van der Waals surface area (Å²) in [4.78, 5) is 4.41. The summed E-state index contributed by atoms with van der Waals surface area (Å²) in [5.41, 5.74) is 8.99. The van der Waals surface area contributed by atoms with Gasteiger partial charge >= 0.3 is 0 Å². The first-order chi connectivity index (χ1) is 10.8. The smallest absolute Gasteiger partial charge is 0.171 e. The largest absolute Gasteiger partial charge is 0.300 e. The topological polar surface area (TPSA) is 36.4 Å². The van der Waals surface area contributed by atoms with E-state index in [4.69, 9.17) is 0 Å². The van der Waals surface area contributed by atoms with Crippen molar-refractivity contribution >= 4 is 16.9 Å². The predicted molar refractivity (Wildman–Crippen MR) is 97.0 cm³/mol. The van der Waals surface area contributed by atoms with Crippen molar-refractivity contribution in [3.63, 3.8) is 0 Å². The molecule has 0 saturated carbocycles. The van der Waals surface area contributed by atoms with Crippen LogP contribution in [0.5, 0.6) is 0 Å². The van der Waals surface area contributed by atoms with Gasteiger partial charge in [0, 0.05) is 0 Å². The van der Waals surface area contributed by atoms with Crippen LogP contribution in [0.4, 0.5) is 0 Å². The van der Waals surface area contributed by atoms with Gasteiger partial charge in [-0.1, -0.05) is 78.5 Å². The molecule has 2 rings (SSSR count). The molecule has 0 unspecified atom stereocenters. The van der Waals surface area contributed by atoms with Crippen molar-refractivity contribution in [2.75, 3.05) is 12.8 Å². The number of thioether (sulfide) groups is 1. The molecule has 114 valence electrons. The Morgan fingerprint density at radius 2 is 1.64 bits per heavy atom. The van der Waals surface area contributed by atoms with Crippen molar-refractivity contribution in [1.82, 2.24) is 10.9 Å². The minimum absolute atomic E-state index is 0.0588. The molecule has 0 aliphatic rings. The fourth-order valence-corrected chi connectivity index (χ4v) is 2.45. The molecule has 0 radical (unpaired) electrons. The first-order valence-corrected chi connectivity index (χ1v) is 8.38. The van der Waals surface area contributed by atoms with E-state index in [1.54, 1.807) is 17.8 Å². The molecule has 2 aromatic rings. The molecule has 4 heteroatoms. The molecular formula is C18H21N3S. The van der Waals surface area contributed by atoms with Gasteiger partial charge in [-0.25, -0.2) is 5.43 Å². The second-order valence-corrected chi connectivity index (χ2v) is 5.46. The van der Waals surface area contributed by atoms with E-state index in [9.17, 15) is 0 Å². The van der Waals surface area contributed by atoms with Crippen LogP contribution in [0.15, 0.2) is 78.3 Å². The van der Waals surface area contributed by atoms with Crippen LogP contribution in [-0.4, -0.2) is 18.0 Å². The molecule has 0 saturated heterocycles. The Bertz CT molecular complexity index is 557. The lowest BCUT2D eigenvalue weighted by atomic mass is 9.99. The summed E-state index contributed by atoms with van der Waals surface area (Å²) in [5.74, 6) is 0. The van der Waals surface area contributed by atoms with Crippen LogP contribution in [0.2, 0.25) is 0 Å². The first-order valence-electron chi connectivity index (χ1n) is 7.16. The van der Waals surface area contributed by atoms with E-state index >= 15 is 0 Å². The molecule has 0 aliphatic carbocycles. The molecule has 0 atom stereocenters. The zero-order chi connectivity index (χ0) is 15.6. The van der Waals surface area contributed by atoms with Crippen molar-refractivity contribution in [3.05, 3.63) is 84.4 Å². The van der Waals surface area contributed by atoms with Crippen LogP contribution in [-0.2, 0) is 0 Å². The van der Waals surface area contributed by atoms with E-state index in [-0.39, 0.29) is 6.04 Å². The van der Waals surface area contributed by atoms with Gasteiger partial charge in [0.05, 0.1) is 12.6 Å². The van der Waals surface area contributed by atoms with Crippen LogP contribution < -0.4 is 10.9 Å². The fraction of sp³-hybridized carbons (Fsp3) is 0.167. The van der Waals surface area contributed by atoms with Gasteiger partial charge in [0.2, 0.25) is 0 Å². The number of nitrogens with zero attached hydrogens (tertiary/aromatic N) is 1. The third-order valence-electron chi connectivity index (χ3n) is 3.15. The zero-order valence-corrected chi connectivity index (χ0v) is 13.5. The lowest BCUT2D eigenvalue weighted by molar-refractivity contribution is 0.576. The minimum Gasteiger partial charge on any atom is -0.300 e. The monoisotopic (exact) mass is 311 g/mol. The molecule has 0 heterocycles. The van der Waals surface area contributed by atoms with Crippen LogP contribution in [0, 0.1) is 0 Å². The maximum Gasteiger partial charge on any atom is 0.171 e. The minimum atomic E-state index is 0.0588. The summed E-state index contributed by atoms with van der Waals surface area (Å²) in [5, 5.41) is 0.844. The van der Waals surface area contributed by atoms with Crippen LogP contribution in [0.1, 0.15) is 17.2 Å². The number of aliphatic imine (C=N–C) groups is 1. The molecule has 0 aromatic heterocycles. The van der Waals surface area contributed by atoms with Gasteiger partial charge in [0.15, 0.2) is 5.17 Å². The summed E-state index contributed by atoms with van der Waals surface area (Å²) >= 11 is 1.57. The van der Waals surface area contributed by atoms with Crippen LogP contribution in [0.3, 0.4) is 0 Å². The third kappa shape index (κ3) is 4.76. The van der Waals surface area contributed by atoms with Gasteiger partial charge in [0.1, 0.15) is 0 Å². The normalized spacial score (nSPS) is 11.5.